The van der Waals surface area contributed by atoms with Crippen molar-refractivity contribution in [3.63, 3.8) is 0 Å². The van der Waals surface area contributed by atoms with E-state index in [0.29, 0.717) is 16.7 Å². The predicted molar refractivity (Wildman–Crippen MR) is 118 cm³/mol. The predicted octanol–water partition coefficient (Wildman–Crippen LogP) is 3.54. The Bertz CT molecular complexity index is 975. The maximum atomic E-state index is 12.4. The summed E-state index contributed by atoms with van der Waals surface area (Å²) in [6.07, 6.45) is -4.23. The number of Topliss-reactive ketones (excluding diaryl/α,β-unsaturated/α-hetero) is 1. The molecule has 0 aliphatic carbocycles. The summed E-state index contributed by atoms with van der Waals surface area (Å²) in [6.45, 7) is -0.502. The van der Waals surface area contributed by atoms with Crippen LogP contribution < -0.4 is 0 Å². The van der Waals surface area contributed by atoms with E-state index in [0.717, 1.165) is 0 Å². The Labute approximate surface area is 191 Å². The molecule has 3 aromatic rings. The molecule has 0 bridgehead atoms. The Hall–Kier alpha value is -3.36. The second-order valence-corrected chi connectivity index (χ2v) is 7.48. The molecule has 33 heavy (non-hydrogen) atoms. The summed E-state index contributed by atoms with van der Waals surface area (Å²) in [5, 5.41) is 10.8. The van der Waals surface area contributed by atoms with Gasteiger partial charge in [-0.25, -0.2) is 4.79 Å². The zero-order valence-corrected chi connectivity index (χ0v) is 17.8. The molecule has 0 radical (unpaired) electrons. The van der Waals surface area contributed by atoms with Gasteiger partial charge in [-0.15, -0.1) is 0 Å². The number of esters is 1. The van der Waals surface area contributed by atoms with Gasteiger partial charge in [0.25, 0.3) is 0 Å². The van der Waals surface area contributed by atoms with Crippen LogP contribution in [-0.4, -0.2) is 48.6 Å². The van der Waals surface area contributed by atoms with E-state index in [4.69, 9.17) is 18.9 Å². The molecule has 0 unspecified atom stereocenters. The summed E-state index contributed by atoms with van der Waals surface area (Å²) in [7, 11) is 0. The van der Waals surface area contributed by atoms with Crippen molar-refractivity contribution in [1.82, 2.24) is 0 Å². The largest absolute Gasteiger partial charge is 0.459 e. The third-order valence-corrected chi connectivity index (χ3v) is 5.15. The molecule has 1 aliphatic rings. The monoisotopic (exact) mass is 448 g/mol. The maximum Gasteiger partial charge on any atom is 0.338 e. The van der Waals surface area contributed by atoms with Crippen molar-refractivity contribution >= 4 is 11.8 Å². The number of hydrogen-bond acceptors (Lipinski definition) is 7. The Kier molecular flexibility index (Phi) is 7.59. The molecule has 0 spiro atoms. The van der Waals surface area contributed by atoms with Gasteiger partial charge in [-0.3, -0.25) is 4.79 Å². The topological polar surface area (TPSA) is 91.3 Å². The fourth-order valence-electron chi connectivity index (χ4n) is 3.37. The van der Waals surface area contributed by atoms with Crippen LogP contribution in [0.5, 0.6) is 0 Å². The minimum Gasteiger partial charge on any atom is -0.459 e. The zero-order valence-electron chi connectivity index (χ0n) is 17.8. The van der Waals surface area contributed by atoms with Crippen molar-refractivity contribution in [2.75, 3.05) is 13.2 Å². The van der Waals surface area contributed by atoms with Gasteiger partial charge in [-0.2, -0.15) is 0 Å². The van der Waals surface area contributed by atoms with Crippen LogP contribution in [-0.2, 0) is 18.9 Å². The number of rotatable bonds is 8. The summed E-state index contributed by atoms with van der Waals surface area (Å²) < 4.78 is 22.7. The second kappa shape index (κ2) is 11.0. The third kappa shape index (κ3) is 5.91. The lowest BCUT2D eigenvalue weighted by Gasteiger charge is -2.39. The fraction of sp³-hybridized carbons (Fsp3) is 0.231. The van der Waals surface area contributed by atoms with E-state index < -0.39 is 30.8 Å². The van der Waals surface area contributed by atoms with Crippen LogP contribution >= 0.6 is 0 Å². The lowest BCUT2D eigenvalue weighted by molar-refractivity contribution is -0.350. The van der Waals surface area contributed by atoms with Crippen LogP contribution in [0, 0.1) is 0 Å². The summed E-state index contributed by atoms with van der Waals surface area (Å²) in [5.41, 5.74) is 1.58. The molecular weight excluding hydrogens is 424 g/mol. The number of ketones is 1. The molecule has 0 saturated carbocycles. The summed E-state index contributed by atoms with van der Waals surface area (Å²) in [4.78, 5) is 24.8. The molecule has 4 atom stereocenters. The minimum atomic E-state index is -1.28. The minimum absolute atomic E-state index is 0.214. The van der Waals surface area contributed by atoms with Crippen LogP contribution in [0.4, 0.5) is 0 Å². The first kappa shape index (κ1) is 22.8. The van der Waals surface area contributed by atoms with Crippen molar-refractivity contribution in [3.8, 4) is 0 Å². The van der Waals surface area contributed by atoms with Gasteiger partial charge in [-0.05, 0) is 12.1 Å². The van der Waals surface area contributed by atoms with Crippen molar-refractivity contribution < 1.29 is 33.6 Å². The molecule has 1 fully saturated rings. The van der Waals surface area contributed by atoms with E-state index in [2.05, 4.69) is 0 Å². The average molecular weight is 448 g/mol. The van der Waals surface area contributed by atoms with Gasteiger partial charge in [0.15, 0.2) is 18.4 Å². The van der Waals surface area contributed by atoms with Gasteiger partial charge < -0.3 is 24.1 Å². The smallest absolute Gasteiger partial charge is 0.338 e. The van der Waals surface area contributed by atoms with E-state index in [-0.39, 0.29) is 19.0 Å². The van der Waals surface area contributed by atoms with Crippen molar-refractivity contribution in [2.45, 2.75) is 24.8 Å². The molecule has 1 heterocycles. The highest BCUT2D eigenvalue weighted by atomic mass is 16.8. The highest BCUT2D eigenvalue weighted by Crippen LogP contribution is 2.31. The van der Waals surface area contributed by atoms with Crippen LogP contribution in [0.1, 0.15) is 32.6 Å². The van der Waals surface area contributed by atoms with Gasteiger partial charge in [-0.1, -0.05) is 78.9 Å². The van der Waals surface area contributed by atoms with Gasteiger partial charge in [0.1, 0.15) is 25.4 Å². The van der Waals surface area contributed by atoms with Gasteiger partial charge in [0, 0.05) is 11.1 Å². The Balaban J connectivity index is 1.44. The first-order chi connectivity index (χ1) is 16.1. The Morgan fingerprint density at radius 1 is 0.788 bits per heavy atom. The van der Waals surface area contributed by atoms with Crippen LogP contribution in [0.15, 0.2) is 91.0 Å². The first-order valence-electron chi connectivity index (χ1n) is 10.6. The van der Waals surface area contributed by atoms with E-state index in [1.807, 2.05) is 36.4 Å². The van der Waals surface area contributed by atoms with Gasteiger partial charge in [0.05, 0.1) is 5.56 Å². The highest BCUT2D eigenvalue weighted by Gasteiger charge is 2.41. The van der Waals surface area contributed by atoms with E-state index in [9.17, 15) is 14.7 Å². The number of aliphatic hydroxyl groups is 1. The van der Waals surface area contributed by atoms with Crippen molar-refractivity contribution in [2.24, 2.45) is 0 Å². The summed E-state index contributed by atoms with van der Waals surface area (Å²) in [5.74, 6) is -0.785. The summed E-state index contributed by atoms with van der Waals surface area (Å²) in [6, 6.07) is 26.4. The number of hydrogen-bond donors (Lipinski definition) is 1. The third-order valence-electron chi connectivity index (χ3n) is 5.15. The molecule has 1 aliphatic heterocycles. The SMILES string of the molecule is O=C(CO[C@@H]1O[C@H](c2ccccc2)O[C@H](COC(=O)c2ccccc2)[C@@H]1O)c1ccccc1. The normalized spacial score (nSPS) is 22.5. The molecule has 7 nitrogen and oxygen atoms in total. The fourth-order valence-corrected chi connectivity index (χ4v) is 3.37. The molecule has 7 heteroatoms. The lowest BCUT2D eigenvalue weighted by Crippen LogP contribution is -2.51. The average Bonchev–Trinajstić information content (AvgIpc) is 2.88. The summed E-state index contributed by atoms with van der Waals surface area (Å²) >= 11 is 0. The number of ether oxygens (including phenoxy) is 4. The number of aliphatic hydroxyl groups excluding tert-OH is 1. The van der Waals surface area contributed by atoms with Crippen LogP contribution in [0.2, 0.25) is 0 Å². The zero-order chi connectivity index (χ0) is 23.0. The van der Waals surface area contributed by atoms with E-state index >= 15 is 0 Å². The molecule has 0 amide bonds. The van der Waals surface area contributed by atoms with Crippen molar-refractivity contribution in [3.05, 3.63) is 108 Å². The van der Waals surface area contributed by atoms with E-state index in [1.165, 1.54) is 0 Å². The maximum absolute atomic E-state index is 12.4. The van der Waals surface area contributed by atoms with Crippen LogP contribution in [0.25, 0.3) is 0 Å². The Morgan fingerprint density at radius 3 is 2.00 bits per heavy atom. The number of carbonyl (C=O) groups is 2. The quantitative estimate of drug-likeness (QED) is 0.416. The first-order valence-corrected chi connectivity index (χ1v) is 10.6. The lowest BCUT2D eigenvalue weighted by atomic mass is 10.1. The number of benzene rings is 3. The van der Waals surface area contributed by atoms with Crippen LogP contribution in [0.3, 0.4) is 0 Å². The van der Waals surface area contributed by atoms with Crippen molar-refractivity contribution in [1.29, 1.82) is 0 Å². The highest BCUT2D eigenvalue weighted by molar-refractivity contribution is 5.97. The van der Waals surface area contributed by atoms with Gasteiger partial charge >= 0.3 is 5.97 Å². The Morgan fingerprint density at radius 2 is 1.36 bits per heavy atom. The molecular formula is C26H24O7. The standard InChI is InChI=1S/C26H24O7/c27-21(18-10-4-1-5-11-18)16-31-26-23(28)22(17-30-24(29)19-12-6-2-7-13-19)32-25(33-26)20-14-8-3-9-15-20/h1-15,22-23,25-26,28H,16-17H2/t22-,23+,25-,26-/m1/s1. The van der Waals surface area contributed by atoms with Gasteiger partial charge in [0.2, 0.25) is 0 Å². The second-order valence-electron chi connectivity index (χ2n) is 7.48. The molecule has 1 saturated heterocycles. The molecule has 4 rings (SSSR count). The molecule has 0 aromatic heterocycles. The number of carbonyl (C=O) groups excluding carboxylic acids is 2. The molecule has 1 N–H and O–H groups in total. The molecule has 3 aromatic carbocycles. The molecule has 170 valence electrons. The van der Waals surface area contributed by atoms with E-state index in [1.54, 1.807) is 54.6 Å².